The average Bonchev–Trinajstić information content (AvgIpc) is 3.03. The van der Waals surface area contributed by atoms with Crippen molar-refractivity contribution >= 4 is 17.5 Å². The van der Waals surface area contributed by atoms with E-state index in [-0.39, 0.29) is 18.1 Å². The standard InChI is InChI=1S/C17H20ClNO4/c18-12-8-11(9-15-17(12)23-7-6-22-15)10-16(20)19-4-5-21-14-3-1-2-13(14)19/h8-9,13-14H,1-7,10H2/t13-,14-/m0/s1. The molecule has 0 N–H and O–H groups in total. The lowest BCUT2D eigenvalue weighted by Gasteiger charge is -2.37. The molecule has 0 spiro atoms. The first-order valence-electron chi connectivity index (χ1n) is 8.21. The second-order valence-electron chi connectivity index (χ2n) is 6.27. The second kappa shape index (κ2) is 6.21. The molecule has 0 radical (unpaired) electrons. The molecule has 3 aliphatic rings. The number of ether oxygens (including phenoxy) is 3. The van der Waals surface area contributed by atoms with E-state index in [4.69, 9.17) is 25.8 Å². The van der Waals surface area contributed by atoms with Crippen molar-refractivity contribution < 1.29 is 19.0 Å². The molecular formula is C17H20ClNO4. The molecule has 0 aromatic heterocycles. The number of rotatable bonds is 2. The fourth-order valence-electron chi connectivity index (χ4n) is 3.78. The molecule has 1 aromatic carbocycles. The number of morpholine rings is 1. The van der Waals surface area contributed by atoms with Crippen LogP contribution in [-0.4, -0.2) is 49.3 Å². The Bertz CT molecular complexity index is 621. The van der Waals surface area contributed by atoms with Crippen LogP contribution in [0, 0.1) is 0 Å². The Morgan fingerprint density at radius 2 is 2.09 bits per heavy atom. The summed E-state index contributed by atoms with van der Waals surface area (Å²) in [5.74, 6) is 1.35. The zero-order valence-electron chi connectivity index (χ0n) is 12.9. The normalized spacial score (nSPS) is 26.0. The topological polar surface area (TPSA) is 48.0 Å². The third-order valence-electron chi connectivity index (χ3n) is 4.81. The minimum absolute atomic E-state index is 0.137. The van der Waals surface area contributed by atoms with E-state index in [0.29, 0.717) is 49.3 Å². The molecule has 0 bridgehead atoms. The van der Waals surface area contributed by atoms with Gasteiger partial charge in [-0.05, 0) is 37.0 Å². The monoisotopic (exact) mass is 337 g/mol. The van der Waals surface area contributed by atoms with Gasteiger partial charge in [0.15, 0.2) is 11.5 Å². The van der Waals surface area contributed by atoms with Crippen molar-refractivity contribution in [2.75, 3.05) is 26.4 Å². The quantitative estimate of drug-likeness (QED) is 0.831. The molecule has 1 aliphatic carbocycles. The summed E-state index contributed by atoms with van der Waals surface area (Å²) in [5.41, 5.74) is 0.866. The largest absolute Gasteiger partial charge is 0.486 e. The number of halogens is 1. The number of hydrogen-bond donors (Lipinski definition) is 0. The number of carbonyl (C=O) groups is 1. The van der Waals surface area contributed by atoms with Crippen molar-refractivity contribution in [1.29, 1.82) is 0 Å². The number of hydrogen-bond acceptors (Lipinski definition) is 4. The van der Waals surface area contributed by atoms with Gasteiger partial charge in [-0.15, -0.1) is 0 Å². The molecule has 2 heterocycles. The molecule has 5 nitrogen and oxygen atoms in total. The highest BCUT2D eigenvalue weighted by atomic mass is 35.5. The highest BCUT2D eigenvalue weighted by Crippen LogP contribution is 2.38. The maximum absolute atomic E-state index is 12.7. The molecule has 1 aromatic rings. The van der Waals surface area contributed by atoms with Crippen LogP contribution in [0.1, 0.15) is 24.8 Å². The van der Waals surface area contributed by atoms with Gasteiger partial charge in [0.25, 0.3) is 0 Å². The molecular weight excluding hydrogens is 318 g/mol. The Kier molecular flexibility index (Phi) is 4.07. The lowest BCUT2D eigenvalue weighted by atomic mass is 10.1. The van der Waals surface area contributed by atoms with Crippen molar-refractivity contribution in [3.63, 3.8) is 0 Å². The molecule has 6 heteroatoms. The van der Waals surface area contributed by atoms with Crippen LogP contribution in [0.25, 0.3) is 0 Å². The van der Waals surface area contributed by atoms with Gasteiger partial charge >= 0.3 is 0 Å². The Morgan fingerprint density at radius 3 is 3.00 bits per heavy atom. The highest BCUT2D eigenvalue weighted by Gasteiger charge is 2.38. The summed E-state index contributed by atoms with van der Waals surface area (Å²) in [6, 6.07) is 3.91. The zero-order chi connectivity index (χ0) is 15.8. The van der Waals surface area contributed by atoms with Crippen molar-refractivity contribution in [3.8, 4) is 11.5 Å². The molecule has 1 saturated heterocycles. The summed E-state index contributed by atoms with van der Waals surface area (Å²) in [7, 11) is 0. The summed E-state index contributed by atoms with van der Waals surface area (Å²) >= 11 is 6.26. The van der Waals surface area contributed by atoms with Crippen molar-refractivity contribution in [2.45, 2.75) is 37.8 Å². The van der Waals surface area contributed by atoms with E-state index >= 15 is 0 Å². The predicted molar refractivity (Wildman–Crippen MR) is 85.2 cm³/mol. The lowest BCUT2D eigenvalue weighted by Crippen LogP contribution is -2.51. The fraction of sp³-hybridized carbons (Fsp3) is 0.588. The van der Waals surface area contributed by atoms with Crippen LogP contribution >= 0.6 is 11.6 Å². The maximum Gasteiger partial charge on any atom is 0.227 e. The average molecular weight is 338 g/mol. The number of fused-ring (bicyclic) bond motifs is 2. The fourth-order valence-corrected chi connectivity index (χ4v) is 4.07. The summed E-state index contributed by atoms with van der Waals surface area (Å²) in [4.78, 5) is 14.7. The SMILES string of the molecule is O=C(Cc1cc(Cl)c2c(c1)OCCO2)N1CCO[C@H]2CCC[C@@H]21. The predicted octanol–water partition coefficient (Wildman–Crippen LogP) is 2.43. The number of nitrogens with zero attached hydrogens (tertiary/aromatic N) is 1. The van der Waals surface area contributed by atoms with Crippen LogP contribution in [0.3, 0.4) is 0 Å². The van der Waals surface area contributed by atoms with Gasteiger partial charge in [-0.2, -0.15) is 0 Å². The first-order valence-corrected chi connectivity index (χ1v) is 8.59. The molecule has 2 aliphatic heterocycles. The molecule has 1 amide bonds. The highest BCUT2D eigenvalue weighted by molar-refractivity contribution is 6.32. The van der Waals surface area contributed by atoms with E-state index in [9.17, 15) is 4.79 Å². The first kappa shape index (κ1) is 15.1. The van der Waals surface area contributed by atoms with Gasteiger partial charge in [0, 0.05) is 6.54 Å². The molecule has 124 valence electrons. The Balaban J connectivity index is 1.51. The Morgan fingerprint density at radius 1 is 1.22 bits per heavy atom. The number of amides is 1. The van der Waals surface area contributed by atoms with Crippen LogP contribution in [0.5, 0.6) is 11.5 Å². The minimum Gasteiger partial charge on any atom is -0.486 e. The van der Waals surface area contributed by atoms with E-state index in [1.165, 1.54) is 0 Å². The summed E-state index contributed by atoms with van der Waals surface area (Å²) in [6.07, 6.45) is 3.79. The van der Waals surface area contributed by atoms with Gasteiger partial charge in [-0.25, -0.2) is 0 Å². The van der Waals surface area contributed by atoms with Crippen LogP contribution in [-0.2, 0) is 16.0 Å². The van der Waals surface area contributed by atoms with E-state index in [0.717, 1.165) is 24.8 Å². The van der Waals surface area contributed by atoms with E-state index in [1.54, 1.807) is 6.07 Å². The van der Waals surface area contributed by atoms with Gasteiger partial charge in [-0.3, -0.25) is 4.79 Å². The third-order valence-corrected chi connectivity index (χ3v) is 5.10. The van der Waals surface area contributed by atoms with Gasteiger partial charge in [0.2, 0.25) is 5.91 Å². The molecule has 0 unspecified atom stereocenters. The van der Waals surface area contributed by atoms with Crippen molar-refractivity contribution in [2.24, 2.45) is 0 Å². The zero-order valence-corrected chi connectivity index (χ0v) is 13.7. The van der Waals surface area contributed by atoms with Crippen molar-refractivity contribution in [1.82, 2.24) is 4.90 Å². The smallest absolute Gasteiger partial charge is 0.227 e. The van der Waals surface area contributed by atoms with Crippen LogP contribution in [0.2, 0.25) is 5.02 Å². The number of carbonyl (C=O) groups excluding carboxylic acids is 1. The third kappa shape index (κ3) is 2.88. The summed E-state index contributed by atoms with van der Waals surface area (Å²) in [5, 5.41) is 0.505. The molecule has 23 heavy (non-hydrogen) atoms. The lowest BCUT2D eigenvalue weighted by molar-refractivity contribution is -0.143. The van der Waals surface area contributed by atoms with Gasteiger partial charge < -0.3 is 19.1 Å². The van der Waals surface area contributed by atoms with E-state index in [1.807, 2.05) is 11.0 Å². The van der Waals surface area contributed by atoms with Crippen molar-refractivity contribution in [3.05, 3.63) is 22.7 Å². The first-order chi connectivity index (χ1) is 11.2. The Labute approximate surface area is 140 Å². The van der Waals surface area contributed by atoms with Crippen LogP contribution in [0.15, 0.2) is 12.1 Å². The van der Waals surface area contributed by atoms with Gasteiger partial charge in [0.05, 0.1) is 30.2 Å². The molecule has 2 fully saturated rings. The van der Waals surface area contributed by atoms with E-state index in [2.05, 4.69) is 0 Å². The molecule has 1 saturated carbocycles. The van der Waals surface area contributed by atoms with Crippen LogP contribution in [0.4, 0.5) is 0 Å². The molecule has 2 atom stereocenters. The van der Waals surface area contributed by atoms with Crippen LogP contribution < -0.4 is 9.47 Å². The van der Waals surface area contributed by atoms with Gasteiger partial charge in [-0.1, -0.05) is 11.6 Å². The summed E-state index contributed by atoms with van der Waals surface area (Å²) < 4.78 is 16.9. The number of benzene rings is 1. The Hall–Kier alpha value is -1.46. The molecule has 4 rings (SSSR count). The van der Waals surface area contributed by atoms with E-state index < -0.39 is 0 Å². The maximum atomic E-state index is 12.7. The second-order valence-corrected chi connectivity index (χ2v) is 6.68. The van der Waals surface area contributed by atoms with Gasteiger partial charge in [0.1, 0.15) is 13.2 Å². The summed E-state index contributed by atoms with van der Waals surface area (Å²) in [6.45, 7) is 2.32. The minimum atomic E-state index is 0.137.